The fraction of sp³-hybridized carbons (Fsp3) is 0.706. The number of nitrogens with one attached hydrogen (secondary N) is 1. The predicted molar refractivity (Wildman–Crippen MR) is 99.7 cm³/mol. The maximum Gasteiger partial charge on any atom is 0.241 e. The molecule has 2 atom stereocenters. The molecule has 1 aliphatic heterocycles. The van der Waals surface area contributed by atoms with Crippen molar-refractivity contribution in [3.8, 4) is 0 Å². The molecule has 1 saturated heterocycles. The Bertz CT molecular complexity index is 568. The second-order valence-electron chi connectivity index (χ2n) is 6.58. The first-order chi connectivity index (χ1) is 11.7. The molecule has 0 spiro atoms. The Morgan fingerprint density at radius 2 is 2.21 bits per heavy atom. The largest absolute Gasteiger partial charge is 0.367 e. The number of amides is 1. The van der Waals surface area contributed by atoms with Gasteiger partial charge in [-0.2, -0.15) is 11.8 Å². The van der Waals surface area contributed by atoms with Gasteiger partial charge in [-0.1, -0.05) is 13.3 Å². The lowest BCUT2D eigenvalue weighted by Gasteiger charge is -2.33. The molecule has 3 rings (SSSR count). The summed E-state index contributed by atoms with van der Waals surface area (Å²) < 4.78 is 0. The third-order valence-corrected chi connectivity index (χ3v) is 6.05. The number of thioether (sulfide) groups is 1. The van der Waals surface area contributed by atoms with Crippen molar-refractivity contribution in [3.63, 3.8) is 0 Å². The topological polar surface area (TPSA) is 61.4 Å². The molecule has 1 aromatic heterocycles. The van der Waals surface area contributed by atoms with Crippen LogP contribution in [0.5, 0.6) is 0 Å². The number of rotatable bonds is 5. The molecule has 2 fully saturated rings. The van der Waals surface area contributed by atoms with E-state index in [0.717, 1.165) is 30.0 Å². The van der Waals surface area contributed by atoms with Crippen LogP contribution in [-0.2, 0) is 4.79 Å². The van der Waals surface area contributed by atoms with Gasteiger partial charge in [-0.3, -0.25) is 4.79 Å². The number of carbonyl (C=O) groups excluding carboxylic acids is 1. The summed E-state index contributed by atoms with van der Waals surface area (Å²) in [7, 11) is 1.85. The highest BCUT2D eigenvalue weighted by molar-refractivity contribution is 7.99. The molecule has 2 unspecified atom stereocenters. The summed E-state index contributed by atoms with van der Waals surface area (Å²) >= 11 is 2.07. The smallest absolute Gasteiger partial charge is 0.241 e. The van der Waals surface area contributed by atoms with Crippen molar-refractivity contribution >= 4 is 29.3 Å². The highest BCUT2D eigenvalue weighted by Crippen LogP contribution is 2.30. The van der Waals surface area contributed by atoms with Gasteiger partial charge in [0.1, 0.15) is 18.0 Å². The van der Waals surface area contributed by atoms with Crippen LogP contribution in [0.2, 0.25) is 0 Å². The molecule has 1 N–H and O–H groups in total. The zero-order valence-electron chi connectivity index (χ0n) is 14.6. The normalized spacial score (nSPS) is 25.0. The van der Waals surface area contributed by atoms with Gasteiger partial charge < -0.3 is 15.1 Å². The molecular weight excluding hydrogens is 322 g/mol. The fourth-order valence-corrected chi connectivity index (χ4v) is 4.60. The zero-order chi connectivity index (χ0) is 16.9. The van der Waals surface area contributed by atoms with Gasteiger partial charge >= 0.3 is 0 Å². The van der Waals surface area contributed by atoms with Crippen molar-refractivity contribution in [1.82, 2.24) is 14.9 Å². The SMILES string of the molecule is CCSC1CCCC(Nc2cc(N3CCN(C)C(=O)C3)ncn2)C1. The standard InChI is InChI=1S/C17H27N5OS/c1-3-24-14-6-4-5-13(9-14)20-15-10-16(19-12-18-15)22-8-7-21(2)17(23)11-22/h10,12-14H,3-9,11H2,1-2H3,(H,18,19,20). The van der Waals surface area contributed by atoms with Crippen molar-refractivity contribution in [1.29, 1.82) is 0 Å². The van der Waals surface area contributed by atoms with E-state index in [4.69, 9.17) is 0 Å². The number of hydrogen-bond acceptors (Lipinski definition) is 6. The van der Waals surface area contributed by atoms with Gasteiger partial charge in [0.15, 0.2) is 0 Å². The van der Waals surface area contributed by atoms with Gasteiger partial charge in [0, 0.05) is 37.5 Å². The summed E-state index contributed by atoms with van der Waals surface area (Å²) in [4.78, 5) is 24.4. The van der Waals surface area contributed by atoms with Crippen LogP contribution >= 0.6 is 11.8 Å². The summed E-state index contributed by atoms with van der Waals surface area (Å²) in [6.45, 7) is 4.18. The highest BCUT2D eigenvalue weighted by atomic mass is 32.2. The Labute approximate surface area is 148 Å². The first-order valence-corrected chi connectivity index (χ1v) is 9.89. The molecule has 1 aliphatic carbocycles. The molecule has 24 heavy (non-hydrogen) atoms. The van der Waals surface area contributed by atoms with E-state index in [1.165, 1.54) is 31.4 Å². The first-order valence-electron chi connectivity index (χ1n) is 8.84. The van der Waals surface area contributed by atoms with Crippen molar-refractivity contribution in [2.75, 3.05) is 42.7 Å². The highest BCUT2D eigenvalue weighted by Gasteiger charge is 2.24. The van der Waals surface area contributed by atoms with Gasteiger partial charge in [-0.05, 0) is 25.0 Å². The number of hydrogen-bond donors (Lipinski definition) is 1. The van der Waals surface area contributed by atoms with E-state index in [2.05, 4.69) is 34.0 Å². The Kier molecular flexibility index (Phi) is 5.81. The lowest BCUT2D eigenvalue weighted by molar-refractivity contribution is -0.129. The predicted octanol–water partition coefficient (Wildman–Crippen LogP) is 2.23. The Balaban J connectivity index is 1.62. The number of likely N-dealkylation sites (N-methyl/N-ethyl adjacent to an activating group) is 1. The van der Waals surface area contributed by atoms with Gasteiger partial charge in [0.2, 0.25) is 5.91 Å². The van der Waals surface area contributed by atoms with Gasteiger partial charge in [-0.15, -0.1) is 0 Å². The number of nitrogens with zero attached hydrogens (tertiary/aromatic N) is 4. The van der Waals surface area contributed by atoms with Crippen LogP contribution < -0.4 is 10.2 Å². The second kappa shape index (κ2) is 8.05. The van der Waals surface area contributed by atoms with Crippen molar-refractivity contribution in [2.24, 2.45) is 0 Å². The van der Waals surface area contributed by atoms with Gasteiger partial charge in [-0.25, -0.2) is 9.97 Å². The quantitative estimate of drug-likeness (QED) is 0.880. The molecule has 1 saturated carbocycles. The summed E-state index contributed by atoms with van der Waals surface area (Å²) in [5.41, 5.74) is 0. The van der Waals surface area contributed by atoms with E-state index in [1.807, 2.05) is 18.0 Å². The van der Waals surface area contributed by atoms with Crippen LogP contribution in [0.25, 0.3) is 0 Å². The lowest BCUT2D eigenvalue weighted by atomic mass is 9.95. The zero-order valence-corrected chi connectivity index (χ0v) is 15.4. The minimum atomic E-state index is 0.140. The third kappa shape index (κ3) is 4.32. The summed E-state index contributed by atoms with van der Waals surface area (Å²) in [5.74, 6) is 3.04. The van der Waals surface area contributed by atoms with Crippen molar-refractivity contribution < 1.29 is 4.79 Å². The van der Waals surface area contributed by atoms with E-state index in [1.54, 1.807) is 11.2 Å². The number of carbonyl (C=O) groups is 1. The molecule has 2 heterocycles. The van der Waals surface area contributed by atoms with Crippen LogP contribution in [0.3, 0.4) is 0 Å². The van der Waals surface area contributed by atoms with Crippen molar-refractivity contribution in [2.45, 2.75) is 43.9 Å². The average Bonchev–Trinajstić information content (AvgIpc) is 2.58. The number of aromatic nitrogens is 2. The second-order valence-corrected chi connectivity index (χ2v) is 8.16. The Morgan fingerprint density at radius 3 is 3.00 bits per heavy atom. The molecule has 1 amide bonds. The third-order valence-electron chi connectivity index (χ3n) is 4.81. The molecule has 1 aromatic rings. The molecule has 0 radical (unpaired) electrons. The van der Waals surface area contributed by atoms with Crippen LogP contribution in [0.1, 0.15) is 32.6 Å². The average molecular weight is 350 g/mol. The molecule has 0 bridgehead atoms. The maximum absolute atomic E-state index is 11.9. The molecular formula is C17H27N5OS. The van der Waals surface area contributed by atoms with Gasteiger partial charge in [0.05, 0.1) is 6.54 Å². The lowest BCUT2D eigenvalue weighted by Crippen LogP contribution is -2.48. The fourth-order valence-electron chi connectivity index (χ4n) is 3.43. The van der Waals surface area contributed by atoms with Crippen LogP contribution in [0.15, 0.2) is 12.4 Å². The minimum Gasteiger partial charge on any atom is -0.367 e. The first kappa shape index (κ1) is 17.3. The van der Waals surface area contributed by atoms with E-state index in [9.17, 15) is 4.79 Å². The van der Waals surface area contributed by atoms with Crippen LogP contribution in [-0.4, -0.2) is 64.5 Å². The molecule has 7 heteroatoms. The summed E-state index contributed by atoms with van der Waals surface area (Å²) in [6.07, 6.45) is 6.61. The van der Waals surface area contributed by atoms with E-state index >= 15 is 0 Å². The van der Waals surface area contributed by atoms with Gasteiger partial charge in [0.25, 0.3) is 0 Å². The Hall–Kier alpha value is -1.50. The summed E-state index contributed by atoms with van der Waals surface area (Å²) in [5, 5.41) is 4.34. The van der Waals surface area contributed by atoms with Crippen molar-refractivity contribution in [3.05, 3.63) is 12.4 Å². The van der Waals surface area contributed by atoms with Crippen LogP contribution in [0.4, 0.5) is 11.6 Å². The summed E-state index contributed by atoms with van der Waals surface area (Å²) in [6, 6.07) is 2.47. The molecule has 2 aliphatic rings. The van der Waals surface area contributed by atoms with Crippen LogP contribution in [0, 0.1) is 0 Å². The number of piperazine rings is 1. The molecule has 0 aromatic carbocycles. The monoisotopic (exact) mass is 349 g/mol. The van der Waals surface area contributed by atoms with E-state index in [-0.39, 0.29) is 5.91 Å². The Morgan fingerprint density at radius 1 is 1.33 bits per heavy atom. The molecule has 132 valence electrons. The minimum absolute atomic E-state index is 0.140. The van der Waals surface area contributed by atoms with E-state index in [0.29, 0.717) is 12.6 Å². The molecule has 6 nitrogen and oxygen atoms in total. The maximum atomic E-state index is 11.9. The number of anilines is 2. The van der Waals surface area contributed by atoms with E-state index < -0.39 is 0 Å².